The molecule has 7 nitrogen and oxygen atoms in total. The largest absolute Gasteiger partial charge is 0.494 e. The predicted octanol–water partition coefficient (Wildman–Crippen LogP) is 4.43. The second-order valence-electron chi connectivity index (χ2n) is 7.33. The number of carbonyl (C=O) groups is 1. The molecule has 0 saturated carbocycles. The van der Waals surface area contributed by atoms with Gasteiger partial charge in [0.05, 0.1) is 18.1 Å². The first-order valence-corrected chi connectivity index (χ1v) is 12.2. The maximum atomic E-state index is 12.7. The summed E-state index contributed by atoms with van der Waals surface area (Å²) < 4.78 is 38.9. The molecule has 174 valence electrons. The van der Waals surface area contributed by atoms with Gasteiger partial charge in [-0.15, -0.1) is 0 Å². The molecule has 0 aliphatic heterocycles. The van der Waals surface area contributed by atoms with Gasteiger partial charge in [0.25, 0.3) is 15.9 Å². The Morgan fingerprint density at radius 1 is 0.879 bits per heavy atom. The fraction of sp³-hybridized carbons (Fsp3) is 0.240. The number of amides is 1. The Balaban J connectivity index is 1.53. The fourth-order valence-corrected chi connectivity index (χ4v) is 4.17. The van der Waals surface area contributed by atoms with E-state index in [2.05, 4.69) is 4.72 Å². The van der Waals surface area contributed by atoms with Crippen LogP contribution in [0.1, 0.15) is 23.7 Å². The van der Waals surface area contributed by atoms with Gasteiger partial charge in [-0.25, -0.2) is 8.42 Å². The molecule has 3 rings (SSSR count). The maximum absolute atomic E-state index is 12.7. The van der Waals surface area contributed by atoms with Crippen LogP contribution in [0.15, 0.2) is 83.8 Å². The van der Waals surface area contributed by atoms with Crippen molar-refractivity contribution in [2.24, 2.45) is 0 Å². The van der Waals surface area contributed by atoms with Crippen LogP contribution in [0, 0.1) is 0 Å². The van der Waals surface area contributed by atoms with E-state index in [0.717, 1.165) is 5.75 Å². The van der Waals surface area contributed by atoms with Gasteiger partial charge in [0.1, 0.15) is 11.5 Å². The van der Waals surface area contributed by atoms with Crippen molar-refractivity contribution >= 4 is 21.6 Å². The molecule has 0 aliphatic carbocycles. The lowest BCUT2D eigenvalue weighted by atomic mass is 10.2. The Morgan fingerprint density at radius 2 is 1.52 bits per heavy atom. The molecular formula is C25H28N2O5S. The van der Waals surface area contributed by atoms with E-state index in [1.807, 2.05) is 37.3 Å². The monoisotopic (exact) mass is 468 g/mol. The van der Waals surface area contributed by atoms with Gasteiger partial charge in [-0.1, -0.05) is 18.2 Å². The number of nitrogens with zero attached hydrogens (tertiary/aromatic N) is 1. The minimum Gasteiger partial charge on any atom is -0.494 e. The summed E-state index contributed by atoms with van der Waals surface area (Å²) in [6.45, 7) is 3.43. The predicted molar refractivity (Wildman–Crippen MR) is 128 cm³/mol. The molecule has 0 radical (unpaired) electrons. The summed E-state index contributed by atoms with van der Waals surface area (Å²) in [6.07, 6.45) is 0.676. The number of carbonyl (C=O) groups excluding carboxylic acids is 1. The highest BCUT2D eigenvalue weighted by molar-refractivity contribution is 7.92. The van der Waals surface area contributed by atoms with Crippen LogP contribution in [-0.2, 0) is 10.0 Å². The average molecular weight is 469 g/mol. The zero-order chi connectivity index (χ0) is 23.7. The lowest BCUT2D eigenvalue weighted by Crippen LogP contribution is -2.28. The molecule has 0 bridgehead atoms. The van der Waals surface area contributed by atoms with Crippen molar-refractivity contribution in [3.05, 3.63) is 84.4 Å². The molecule has 0 spiro atoms. The maximum Gasteiger partial charge on any atom is 0.261 e. The highest BCUT2D eigenvalue weighted by Crippen LogP contribution is 2.20. The molecule has 8 heteroatoms. The van der Waals surface area contributed by atoms with Gasteiger partial charge in [0.15, 0.2) is 0 Å². The van der Waals surface area contributed by atoms with Crippen molar-refractivity contribution in [1.82, 2.24) is 4.90 Å². The van der Waals surface area contributed by atoms with Crippen molar-refractivity contribution in [2.45, 2.75) is 18.2 Å². The number of nitrogens with one attached hydrogen (secondary N) is 1. The molecular weight excluding hydrogens is 440 g/mol. The number of hydrogen-bond donors (Lipinski definition) is 1. The number of para-hydroxylation sites is 1. The number of sulfonamides is 1. The molecule has 0 fully saturated rings. The van der Waals surface area contributed by atoms with Crippen LogP contribution in [-0.4, -0.2) is 46.0 Å². The number of rotatable bonds is 11. The van der Waals surface area contributed by atoms with E-state index in [1.165, 1.54) is 24.3 Å². The topological polar surface area (TPSA) is 84.9 Å². The Morgan fingerprint density at radius 3 is 2.15 bits per heavy atom. The first kappa shape index (κ1) is 24.1. The second-order valence-corrected chi connectivity index (χ2v) is 9.01. The lowest BCUT2D eigenvalue weighted by Gasteiger charge is -2.17. The Labute approximate surface area is 195 Å². The van der Waals surface area contributed by atoms with Gasteiger partial charge in [0, 0.05) is 24.8 Å². The molecule has 0 unspecified atom stereocenters. The number of hydrogen-bond acceptors (Lipinski definition) is 5. The fourth-order valence-electron chi connectivity index (χ4n) is 3.11. The van der Waals surface area contributed by atoms with Crippen molar-refractivity contribution < 1.29 is 22.7 Å². The molecule has 1 N–H and O–H groups in total. The van der Waals surface area contributed by atoms with E-state index in [1.54, 1.807) is 36.2 Å². The smallest absolute Gasteiger partial charge is 0.261 e. The van der Waals surface area contributed by atoms with Gasteiger partial charge in [-0.2, -0.15) is 0 Å². The Bertz CT molecular complexity index is 1130. The van der Waals surface area contributed by atoms with E-state index in [4.69, 9.17) is 9.47 Å². The van der Waals surface area contributed by atoms with Crippen LogP contribution in [0.25, 0.3) is 0 Å². The number of anilines is 1. The molecule has 1 amide bonds. The van der Waals surface area contributed by atoms with Crippen LogP contribution >= 0.6 is 0 Å². The van der Waals surface area contributed by atoms with Crippen LogP contribution in [0.4, 0.5) is 5.69 Å². The molecule has 0 atom stereocenters. The third-order valence-corrected chi connectivity index (χ3v) is 6.22. The van der Waals surface area contributed by atoms with E-state index in [-0.39, 0.29) is 10.8 Å². The van der Waals surface area contributed by atoms with E-state index < -0.39 is 10.0 Å². The Kier molecular flexibility index (Phi) is 8.32. The number of ether oxygens (including phenoxy) is 2. The van der Waals surface area contributed by atoms with E-state index >= 15 is 0 Å². The normalized spacial score (nSPS) is 11.0. The minimum absolute atomic E-state index is 0.0758. The average Bonchev–Trinajstić information content (AvgIpc) is 2.83. The summed E-state index contributed by atoms with van der Waals surface area (Å²) in [4.78, 5) is 14.3. The SMILES string of the molecule is CCOc1ccc(NS(=O)(=O)c2ccc(C(=O)N(C)CCCOc3ccccc3)cc2)cc1. The van der Waals surface area contributed by atoms with Crippen molar-refractivity contribution in [3.8, 4) is 11.5 Å². The van der Waals surface area contributed by atoms with Gasteiger partial charge in [0.2, 0.25) is 0 Å². The van der Waals surface area contributed by atoms with E-state index in [0.29, 0.717) is 43.2 Å². The zero-order valence-electron chi connectivity index (χ0n) is 18.7. The zero-order valence-corrected chi connectivity index (χ0v) is 19.5. The highest BCUT2D eigenvalue weighted by Gasteiger charge is 2.17. The molecule has 3 aromatic carbocycles. The number of benzene rings is 3. The second kappa shape index (κ2) is 11.4. The lowest BCUT2D eigenvalue weighted by molar-refractivity contribution is 0.0787. The third-order valence-electron chi connectivity index (χ3n) is 4.83. The third kappa shape index (κ3) is 6.98. The van der Waals surface area contributed by atoms with Gasteiger partial charge in [-0.05, 0) is 74.0 Å². The first-order chi connectivity index (χ1) is 15.9. The Hall–Kier alpha value is -3.52. The highest BCUT2D eigenvalue weighted by atomic mass is 32.2. The molecule has 0 aromatic heterocycles. The van der Waals surface area contributed by atoms with Crippen molar-refractivity contribution in [3.63, 3.8) is 0 Å². The molecule has 0 saturated heterocycles. The quantitative estimate of drug-likeness (QED) is 0.421. The first-order valence-electron chi connectivity index (χ1n) is 10.7. The van der Waals surface area contributed by atoms with Crippen molar-refractivity contribution in [2.75, 3.05) is 31.5 Å². The summed E-state index contributed by atoms with van der Waals surface area (Å²) in [5.41, 5.74) is 0.845. The van der Waals surface area contributed by atoms with Crippen molar-refractivity contribution in [1.29, 1.82) is 0 Å². The molecule has 0 aliphatic rings. The molecule has 3 aromatic rings. The summed E-state index contributed by atoms with van der Waals surface area (Å²) >= 11 is 0. The summed E-state index contributed by atoms with van der Waals surface area (Å²) in [5.74, 6) is 1.28. The molecule has 33 heavy (non-hydrogen) atoms. The standard InChI is InChI=1S/C25H28N2O5S/c1-3-31-23-14-12-21(13-15-23)26-33(29,30)24-16-10-20(11-17-24)25(28)27(2)18-7-19-32-22-8-5-4-6-9-22/h4-6,8-17,26H,3,7,18-19H2,1-2H3. The minimum atomic E-state index is -3.78. The van der Waals surface area contributed by atoms with Crippen LogP contribution < -0.4 is 14.2 Å². The van der Waals surface area contributed by atoms with Crippen LogP contribution in [0.3, 0.4) is 0 Å². The molecule has 0 heterocycles. The summed E-state index contributed by atoms with van der Waals surface area (Å²) in [5, 5.41) is 0. The van der Waals surface area contributed by atoms with Crippen LogP contribution in [0.2, 0.25) is 0 Å². The van der Waals surface area contributed by atoms with Gasteiger partial charge >= 0.3 is 0 Å². The van der Waals surface area contributed by atoms with Gasteiger partial charge < -0.3 is 14.4 Å². The van der Waals surface area contributed by atoms with Gasteiger partial charge in [-0.3, -0.25) is 9.52 Å². The van der Waals surface area contributed by atoms with E-state index in [9.17, 15) is 13.2 Å². The summed E-state index contributed by atoms with van der Waals surface area (Å²) in [6, 6.07) is 22.1. The summed E-state index contributed by atoms with van der Waals surface area (Å²) in [7, 11) is -2.07. The van der Waals surface area contributed by atoms with Crippen LogP contribution in [0.5, 0.6) is 11.5 Å².